The minimum atomic E-state index is -3.56. The maximum atomic E-state index is 12.9. The van der Waals surface area contributed by atoms with Crippen molar-refractivity contribution in [1.82, 2.24) is 4.98 Å². The molecule has 0 saturated heterocycles. The van der Waals surface area contributed by atoms with E-state index in [1.807, 2.05) is 0 Å². The summed E-state index contributed by atoms with van der Waals surface area (Å²) in [6, 6.07) is 7.15. The van der Waals surface area contributed by atoms with Crippen molar-refractivity contribution in [3.8, 4) is 0 Å². The van der Waals surface area contributed by atoms with Crippen LogP contribution in [-0.2, 0) is 14.6 Å². The predicted molar refractivity (Wildman–Crippen MR) is 100 cm³/mol. The van der Waals surface area contributed by atoms with Gasteiger partial charge in [0.05, 0.1) is 5.69 Å². The molecule has 0 aliphatic rings. The molecule has 0 bridgehead atoms. The molecule has 0 radical (unpaired) electrons. The van der Waals surface area contributed by atoms with Gasteiger partial charge in [-0.2, -0.15) is 0 Å². The number of rotatable bonds is 4. The van der Waals surface area contributed by atoms with E-state index in [-0.39, 0.29) is 22.1 Å². The minimum Gasteiger partial charge on any atom is -0.325 e. The van der Waals surface area contributed by atoms with Gasteiger partial charge in [0.25, 0.3) is 0 Å². The molecule has 6 nitrogen and oxygen atoms in total. The number of halogens is 1. The van der Waals surface area contributed by atoms with E-state index in [1.165, 1.54) is 30.5 Å². The first-order valence-electron chi connectivity index (χ1n) is 7.71. The Bertz CT molecular complexity index is 979. The Balaban J connectivity index is 2.50. The van der Waals surface area contributed by atoms with Crippen LogP contribution in [0.5, 0.6) is 0 Å². The van der Waals surface area contributed by atoms with Crippen LogP contribution in [0.4, 0.5) is 5.69 Å². The summed E-state index contributed by atoms with van der Waals surface area (Å²) in [5.41, 5.74) is -0.0492. The summed E-state index contributed by atoms with van der Waals surface area (Å²) in [6.07, 6.45) is 2.26. The normalized spacial score (nSPS) is 11.9. The quantitative estimate of drug-likeness (QED) is 0.802. The standard InChI is InChI=1S/C18H19ClN2O4S/c1-18(2,3)17(23)21-14-6-5-12(19)10-13(14)16(22)11-7-8-20-15(9-11)26(4,24)25/h5-10H,1-4H3,(H,21,23). The van der Waals surface area contributed by atoms with E-state index in [2.05, 4.69) is 10.3 Å². The van der Waals surface area contributed by atoms with Crippen LogP contribution in [0.2, 0.25) is 5.02 Å². The molecular formula is C18H19ClN2O4S. The highest BCUT2D eigenvalue weighted by Gasteiger charge is 2.24. The Labute approximate surface area is 157 Å². The second-order valence-electron chi connectivity index (χ2n) is 6.88. The van der Waals surface area contributed by atoms with Crippen LogP contribution >= 0.6 is 11.6 Å². The van der Waals surface area contributed by atoms with Gasteiger partial charge in [-0.05, 0) is 30.3 Å². The monoisotopic (exact) mass is 394 g/mol. The fraction of sp³-hybridized carbons (Fsp3) is 0.278. The number of pyridine rings is 1. The highest BCUT2D eigenvalue weighted by atomic mass is 35.5. The molecule has 1 aromatic carbocycles. The number of nitrogens with one attached hydrogen (secondary N) is 1. The van der Waals surface area contributed by atoms with Gasteiger partial charge in [-0.25, -0.2) is 13.4 Å². The van der Waals surface area contributed by atoms with E-state index in [0.29, 0.717) is 10.7 Å². The Morgan fingerprint density at radius 1 is 1.12 bits per heavy atom. The lowest BCUT2D eigenvalue weighted by Crippen LogP contribution is -2.28. The number of carbonyl (C=O) groups excluding carboxylic acids is 2. The molecule has 1 aromatic heterocycles. The molecule has 138 valence electrons. The van der Waals surface area contributed by atoms with Gasteiger partial charge in [-0.15, -0.1) is 0 Å². The summed E-state index contributed by atoms with van der Waals surface area (Å²) in [5, 5.41) is 2.84. The van der Waals surface area contributed by atoms with Crippen LogP contribution in [0, 0.1) is 5.41 Å². The summed E-state index contributed by atoms with van der Waals surface area (Å²) in [5.74, 6) is -0.732. The van der Waals surface area contributed by atoms with Crippen LogP contribution in [0.15, 0.2) is 41.6 Å². The first-order valence-corrected chi connectivity index (χ1v) is 9.98. The van der Waals surface area contributed by atoms with Gasteiger partial charge < -0.3 is 5.32 Å². The Morgan fingerprint density at radius 3 is 2.35 bits per heavy atom. The number of carbonyl (C=O) groups is 2. The van der Waals surface area contributed by atoms with Crippen LogP contribution in [0.1, 0.15) is 36.7 Å². The largest absolute Gasteiger partial charge is 0.325 e. The third-order valence-corrected chi connectivity index (χ3v) is 4.75. The molecule has 26 heavy (non-hydrogen) atoms. The lowest BCUT2D eigenvalue weighted by molar-refractivity contribution is -0.123. The van der Waals surface area contributed by atoms with Crippen molar-refractivity contribution in [2.24, 2.45) is 5.41 Å². The van der Waals surface area contributed by atoms with Gasteiger partial charge in [0.15, 0.2) is 20.6 Å². The molecule has 0 aliphatic heterocycles. The number of nitrogens with zero attached hydrogens (tertiary/aromatic N) is 1. The minimum absolute atomic E-state index is 0.133. The van der Waals surface area contributed by atoms with Crippen molar-refractivity contribution < 1.29 is 18.0 Å². The zero-order valence-electron chi connectivity index (χ0n) is 14.8. The van der Waals surface area contributed by atoms with Crippen molar-refractivity contribution in [2.45, 2.75) is 25.8 Å². The number of anilines is 1. The highest BCUT2D eigenvalue weighted by Crippen LogP contribution is 2.26. The second-order valence-corrected chi connectivity index (χ2v) is 9.28. The van der Waals surface area contributed by atoms with Gasteiger partial charge in [0.2, 0.25) is 5.91 Å². The summed E-state index contributed by atoms with van der Waals surface area (Å²) in [6.45, 7) is 5.25. The zero-order chi connectivity index (χ0) is 19.7. The number of aromatic nitrogens is 1. The third-order valence-electron chi connectivity index (χ3n) is 3.53. The van der Waals surface area contributed by atoms with Crippen molar-refractivity contribution in [3.05, 3.63) is 52.7 Å². The maximum Gasteiger partial charge on any atom is 0.229 e. The SMILES string of the molecule is CC(C)(C)C(=O)Nc1ccc(Cl)cc1C(=O)c1ccnc(S(C)(=O)=O)c1. The molecule has 0 unspecified atom stereocenters. The summed E-state index contributed by atoms with van der Waals surface area (Å²) >= 11 is 6.01. The average Bonchev–Trinajstić information content (AvgIpc) is 2.54. The van der Waals surface area contributed by atoms with E-state index < -0.39 is 21.0 Å². The van der Waals surface area contributed by atoms with Gasteiger partial charge in [0, 0.05) is 34.0 Å². The molecule has 0 saturated carbocycles. The third kappa shape index (κ3) is 4.68. The fourth-order valence-electron chi connectivity index (χ4n) is 2.03. The molecule has 1 heterocycles. The summed E-state index contributed by atoms with van der Waals surface area (Å²) < 4.78 is 23.3. The predicted octanol–water partition coefficient (Wildman–Crippen LogP) is 3.35. The van der Waals surface area contributed by atoms with Gasteiger partial charge >= 0.3 is 0 Å². The van der Waals surface area contributed by atoms with Crippen molar-refractivity contribution in [2.75, 3.05) is 11.6 Å². The number of sulfone groups is 1. The molecule has 8 heteroatoms. The molecule has 1 amide bonds. The Kier molecular flexibility index (Phi) is 5.53. The van der Waals surface area contributed by atoms with Crippen molar-refractivity contribution >= 4 is 38.8 Å². The smallest absolute Gasteiger partial charge is 0.229 e. The second kappa shape index (κ2) is 7.17. The average molecular weight is 395 g/mol. The number of amides is 1. The molecule has 1 N–H and O–H groups in total. The molecule has 2 rings (SSSR count). The van der Waals surface area contributed by atoms with Crippen LogP contribution in [0.25, 0.3) is 0 Å². The number of hydrogen-bond acceptors (Lipinski definition) is 5. The number of hydrogen-bond donors (Lipinski definition) is 1. The summed E-state index contributed by atoms with van der Waals surface area (Å²) in [7, 11) is -3.56. The first-order chi connectivity index (χ1) is 11.9. The van der Waals surface area contributed by atoms with Crippen molar-refractivity contribution in [1.29, 1.82) is 0 Å². The van der Waals surface area contributed by atoms with E-state index in [9.17, 15) is 18.0 Å². The van der Waals surface area contributed by atoms with Crippen LogP contribution < -0.4 is 5.32 Å². The number of benzene rings is 1. The first kappa shape index (κ1) is 20.1. The van der Waals surface area contributed by atoms with Crippen LogP contribution in [0.3, 0.4) is 0 Å². The molecule has 0 atom stereocenters. The lowest BCUT2D eigenvalue weighted by Gasteiger charge is -2.19. The zero-order valence-corrected chi connectivity index (χ0v) is 16.4. The fourth-order valence-corrected chi connectivity index (χ4v) is 2.80. The van der Waals surface area contributed by atoms with Crippen LogP contribution in [-0.4, -0.2) is 31.3 Å². The molecular weight excluding hydrogens is 376 g/mol. The molecule has 0 spiro atoms. The lowest BCUT2D eigenvalue weighted by atomic mass is 9.95. The molecule has 0 aliphatic carbocycles. The molecule has 0 fully saturated rings. The highest BCUT2D eigenvalue weighted by molar-refractivity contribution is 7.90. The van der Waals surface area contributed by atoms with Gasteiger partial charge in [-0.3, -0.25) is 9.59 Å². The van der Waals surface area contributed by atoms with E-state index in [0.717, 1.165) is 6.26 Å². The Morgan fingerprint density at radius 2 is 1.77 bits per heavy atom. The van der Waals surface area contributed by atoms with Crippen molar-refractivity contribution in [3.63, 3.8) is 0 Å². The topological polar surface area (TPSA) is 93.2 Å². The van der Waals surface area contributed by atoms with E-state index in [4.69, 9.17) is 11.6 Å². The van der Waals surface area contributed by atoms with Gasteiger partial charge in [-0.1, -0.05) is 32.4 Å². The van der Waals surface area contributed by atoms with E-state index in [1.54, 1.807) is 26.8 Å². The van der Waals surface area contributed by atoms with Gasteiger partial charge in [0.1, 0.15) is 0 Å². The summed E-state index contributed by atoms with van der Waals surface area (Å²) in [4.78, 5) is 28.9. The molecule has 2 aromatic rings. The maximum absolute atomic E-state index is 12.9. The Hall–Kier alpha value is -2.25. The van der Waals surface area contributed by atoms with E-state index >= 15 is 0 Å². The number of ketones is 1.